The number of Topliss-reactive ketones (excluding diaryl/α,β-unsaturated/α-hetero) is 1. The average Bonchev–Trinajstić information content (AvgIpc) is 2.77. The van der Waals surface area contributed by atoms with Crippen LogP contribution >= 0.6 is 0 Å². The highest BCUT2D eigenvalue weighted by Gasteiger charge is 2.16. The number of allylic oxidation sites excluding steroid dienone is 1. The number of nitrogens with one attached hydrogen (secondary N) is 1. The van der Waals surface area contributed by atoms with Gasteiger partial charge in [0.15, 0.2) is 5.78 Å². The molecule has 4 heteroatoms. The summed E-state index contributed by atoms with van der Waals surface area (Å²) in [6.07, 6.45) is 1.37. The lowest BCUT2D eigenvalue weighted by molar-refractivity contribution is -0.134. The lowest BCUT2D eigenvalue weighted by Crippen LogP contribution is -1.99. The first-order chi connectivity index (χ1) is 9.04. The minimum absolute atomic E-state index is 0.0370. The van der Waals surface area contributed by atoms with E-state index < -0.39 is 5.97 Å². The van der Waals surface area contributed by atoms with E-state index in [1.54, 1.807) is 6.92 Å². The predicted octanol–water partition coefficient (Wildman–Crippen LogP) is 2.95. The van der Waals surface area contributed by atoms with Crippen molar-refractivity contribution in [2.75, 3.05) is 7.11 Å². The number of ether oxygens (including phenoxy) is 1. The Morgan fingerprint density at radius 1 is 1.21 bits per heavy atom. The number of carbonyl (C=O) groups is 2. The molecule has 2 rings (SSSR count). The summed E-state index contributed by atoms with van der Waals surface area (Å²) >= 11 is 0. The van der Waals surface area contributed by atoms with Gasteiger partial charge in [-0.1, -0.05) is 18.2 Å². The molecule has 1 aromatic carbocycles. The molecule has 0 unspecified atom stereocenters. The van der Waals surface area contributed by atoms with E-state index in [1.807, 2.05) is 24.3 Å². The molecule has 0 radical (unpaired) electrons. The van der Waals surface area contributed by atoms with Gasteiger partial charge in [0.2, 0.25) is 0 Å². The number of fused-ring (bicyclic) bond motifs is 1. The molecule has 0 spiro atoms. The Balaban J connectivity index is 2.66. The number of H-pyrrole nitrogens is 1. The van der Waals surface area contributed by atoms with Crippen molar-refractivity contribution in [1.29, 1.82) is 0 Å². The van der Waals surface area contributed by atoms with E-state index in [4.69, 9.17) is 0 Å². The third kappa shape index (κ3) is 2.42. The molecule has 0 aliphatic rings. The molecule has 0 saturated carbocycles. The zero-order valence-electron chi connectivity index (χ0n) is 11.1. The van der Waals surface area contributed by atoms with E-state index in [2.05, 4.69) is 9.72 Å². The van der Waals surface area contributed by atoms with Crippen LogP contribution in [0.15, 0.2) is 30.3 Å². The number of methoxy groups -OCH3 is 1. The van der Waals surface area contributed by atoms with Crippen molar-refractivity contribution in [2.45, 2.75) is 13.8 Å². The van der Waals surface area contributed by atoms with Crippen molar-refractivity contribution >= 4 is 28.2 Å². The Morgan fingerprint density at radius 3 is 2.53 bits per heavy atom. The first kappa shape index (κ1) is 13.1. The van der Waals surface area contributed by atoms with Gasteiger partial charge in [0, 0.05) is 17.0 Å². The maximum Gasteiger partial charge on any atom is 0.330 e. The number of aromatic amines is 1. The Morgan fingerprint density at radius 2 is 1.89 bits per heavy atom. The van der Waals surface area contributed by atoms with Crippen LogP contribution < -0.4 is 0 Å². The Bertz CT molecular complexity index is 680. The zero-order chi connectivity index (χ0) is 14.0. The maximum atomic E-state index is 11.8. The average molecular weight is 257 g/mol. The van der Waals surface area contributed by atoms with Crippen LogP contribution in [0.3, 0.4) is 0 Å². The molecule has 0 atom stereocenters. The molecule has 98 valence electrons. The predicted molar refractivity (Wildman–Crippen MR) is 74.0 cm³/mol. The van der Waals surface area contributed by atoms with Gasteiger partial charge in [-0.2, -0.15) is 0 Å². The molecule has 0 fully saturated rings. The smallest absolute Gasteiger partial charge is 0.330 e. The van der Waals surface area contributed by atoms with Gasteiger partial charge in [-0.05, 0) is 25.5 Å². The number of benzene rings is 1. The standard InChI is InChI=1S/C15H15NO3/c1-9(8-13(18)19-3)15-14(10(2)17)11-6-4-5-7-12(11)16-15/h4-8,16H,1-3H3/b9-8+. The van der Waals surface area contributed by atoms with Gasteiger partial charge in [-0.15, -0.1) is 0 Å². The van der Waals surface area contributed by atoms with E-state index in [1.165, 1.54) is 20.1 Å². The van der Waals surface area contributed by atoms with Gasteiger partial charge in [-0.3, -0.25) is 4.79 Å². The van der Waals surface area contributed by atoms with E-state index in [9.17, 15) is 9.59 Å². The lowest BCUT2D eigenvalue weighted by Gasteiger charge is -2.01. The number of hydrogen-bond donors (Lipinski definition) is 1. The van der Waals surface area contributed by atoms with Crippen LogP contribution in [0.1, 0.15) is 29.9 Å². The van der Waals surface area contributed by atoms with Crippen molar-refractivity contribution in [3.63, 3.8) is 0 Å². The summed E-state index contributed by atoms with van der Waals surface area (Å²) < 4.78 is 4.60. The molecule has 0 amide bonds. The second kappa shape index (κ2) is 5.10. The monoisotopic (exact) mass is 257 g/mol. The summed E-state index contributed by atoms with van der Waals surface area (Å²) in [7, 11) is 1.32. The molecule has 1 aromatic heterocycles. The summed E-state index contributed by atoms with van der Waals surface area (Å²) in [5, 5.41) is 0.864. The van der Waals surface area contributed by atoms with Crippen LogP contribution in [-0.2, 0) is 9.53 Å². The molecule has 1 N–H and O–H groups in total. The Kier molecular flexibility index (Phi) is 3.51. The largest absolute Gasteiger partial charge is 0.466 e. The molecule has 0 bridgehead atoms. The molecular weight excluding hydrogens is 242 g/mol. The van der Waals surface area contributed by atoms with Crippen molar-refractivity contribution in [1.82, 2.24) is 4.98 Å². The summed E-state index contributed by atoms with van der Waals surface area (Å²) in [5.41, 5.74) is 2.82. The summed E-state index contributed by atoms with van der Waals surface area (Å²) in [6.45, 7) is 3.29. The number of rotatable bonds is 3. The zero-order valence-corrected chi connectivity index (χ0v) is 11.1. The highest BCUT2D eigenvalue weighted by atomic mass is 16.5. The van der Waals surface area contributed by atoms with Crippen LogP contribution in [0.2, 0.25) is 0 Å². The third-order valence-electron chi connectivity index (χ3n) is 2.99. The van der Waals surface area contributed by atoms with E-state index in [0.29, 0.717) is 16.8 Å². The van der Waals surface area contributed by atoms with Gasteiger partial charge in [0.1, 0.15) is 0 Å². The van der Waals surface area contributed by atoms with E-state index >= 15 is 0 Å². The fourth-order valence-electron chi connectivity index (χ4n) is 2.11. The Hall–Kier alpha value is -2.36. The van der Waals surface area contributed by atoms with Crippen LogP contribution in [0.5, 0.6) is 0 Å². The van der Waals surface area contributed by atoms with Gasteiger partial charge < -0.3 is 9.72 Å². The number of ketones is 1. The number of aromatic nitrogens is 1. The molecule has 4 nitrogen and oxygen atoms in total. The first-order valence-corrected chi connectivity index (χ1v) is 5.93. The fourth-order valence-corrected chi connectivity index (χ4v) is 2.11. The maximum absolute atomic E-state index is 11.8. The number of hydrogen-bond acceptors (Lipinski definition) is 3. The van der Waals surface area contributed by atoms with Crippen molar-refractivity contribution < 1.29 is 14.3 Å². The molecular formula is C15H15NO3. The van der Waals surface area contributed by atoms with Crippen molar-refractivity contribution in [3.8, 4) is 0 Å². The van der Waals surface area contributed by atoms with Crippen molar-refractivity contribution in [3.05, 3.63) is 41.6 Å². The fraction of sp³-hybridized carbons (Fsp3) is 0.200. The number of carbonyl (C=O) groups excluding carboxylic acids is 2. The van der Waals surface area contributed by atoms with Crippen LogP contribution in [0.4, 0.5) is 0 Å². The topological polar surface area (TPSA) is 59.2 Å². The van der Waals surface area contributed by atoms with Crippen LogP contribution in [0.25, 0.3) is 16.5 Å². The van der Waals surface area contributed by atoms with Gasteiger partial charge >= 0.3 is 5.97 Å². The van der Waals surface area contributed by atoms with Crippen LogP contribution in [-0.4, -0.2) is 23.8 Å². The highest BCUT2D eigenvalue weighted by Crippen LogP contribution is 2.27. The van der Waals surface area contributed by atoms with Crippen LogP contribution in [0, 0.1) is 0 Å². The van der Waals surface area contributed by atoms with Gasteiger partial charge in [0.25, 0.3) is 0 Å². The second-order valence-corrected chi connectivity index (χ2v) is 4.33. The molecule has 0 saturated heterocycles. The summed E-state index contributed by atoms with van der Waals surface area (Å²) in [5.74, 6) is -0.476. The summed E-state index contributed by atoms with van der Waals surface area (Å²) in [4.78, 5) is 26.3. The summed E-state index contributed by atoms with van der Waals surface area (Å²) in [6, 6.07) is 7.56. The minimum atomic E-state index is -0.439. The Labute approximate surface area is 111 Å². The highest BCUT2D eigenvalue weighted by molar-refractivity contribution is 6.11. The SMILES string of the molecule is COC(=O)/C=C(\C)c1[nH]c2ccccc2c1C(C)=O. The lowest BCUT2D eigenvalue weighted by atomic mass is 10.0. The molecule has 0 aliphatic carbocycles. The molecule has 2 aromatic rings. The normalized spacial score (nSPS) is 11.6. The minimum Gasteiger partial charge on any atom is -0.466 e. The van der Waals surface area contributed by atoms with E-state index in [0.717, 1.165) is 10.9 Å². The molecule has 19 heavy (non-hydrogen) atoms. The quantitative estimate of drug-likeness (QED) is 0.522. The van der Waals surface area contributed by atoms with Crippen molar-refractivity contribution in [2.24, 2.45) is 0 Å². The van der Waals surface area contributed by atoms with Gasteiger partial charge in [0.05, 0.1) is 18.4 Å². The number of esters is 1. The van der Waals surface area contributed by atoms with E-state index in [-0.39, 0.29) is 5.78 Å². The van der Waals surface area contributed by atoms with Gasteiger partial charge in [-0.25, -0.2) is 4.79 Å². The third-order valence-corrected chi connectivity index (χ3v) is 2.99. The first-order valence-electron chi connectivity index (χ1n) is 5.93. The number of para-hydroxylation sites is 1. The second-order valence-electron chi connectivity index (χ2n) is 4.33. The molecule has 1 heterocycles. The molecule has 0 aliphatic heterocycles.